The molecule has 0 bridgehead atoms. The van der Waals surface area contributed by atoms with Gasteiger partial charge < -0.3 is 11.1 Å². The fourth-order valence-corrected chi connectivity index (χ4v) is 1.42. The number of fused-ring (bicyclic) bond motifs is 1. The van der Waals surface area contributed by atoms with Crippen molar-refractivity contribution in [3.8, 4) is 0 Å². The molecule has 0 spiro atoms. The SMILES string of the molecule is Nc1ccnnc1Nc1ncnc2[nH]ncc12. The first-order valence-corrected chi connectivity index (χ1v) is 4.83. The van der Waals surface area contributed by atoms with Gasteiger partial charge in [-0.25, -0.2) is 9.97 Å². The highest BCUT2D eigenvalue weighted by atomic mass is 15.2. The highest BCUT2D eigenvalue weighted by molar-refractivity contribution is 5.88. The molecule has 4 N–H and O–H groups in total. The lowest BCUT2D eigenvalue weighted by Crippen LogP contribution is -2.02. The molecule has 8 heteroatoms. The van der Waals surface area contributed by atoms with E-state index in [1.165, 1.54) is 12.5 Å². The van der Waals surface area contributed by atoms with Crippen molar-refractivity contribution in [2.75, 3.05) is 11.1 Å². The van der Waals surface area contributed by atoms with Crippen LogP contribution >= 0.6 is 0 Å². The number of aromatic nitrogens is 6. The minimum absolute atomic E-state index is 0.453. The number of nitrogen functional groups attached to an aromatic ring is 1. The number of aromatic amines is 1. The minimum atomic E-state index is 0.453. The monoisotopic (exact) mass is 228 g/mol. The zero-order chi connectivity index (χ0) is 11.7. The zero-order valence-corrected chi connectivity index (χ0v) is 8.62. The maximum atomic E-state index is 5.76. The van der Waals surface area contributed by atoms with Crippen LogP contribution in [-0.2, 0) is 0 Å². The standard InChI is InChI=1S/C9H8N8/c10-6-1-2-13-17-9(6)15-7-5-3-14-16-8(5)12-4-11-7/h1-4H,(H2,10,13)(H2,11,12,14,15,16,17). The van der Waals surface area contributed by atoms with Crippen LogP contribution in [0.25, 0.3) is 11.0 Å². The van der Waals surface area contributed by atoms with Crippen molar-refractivity contribution in [3.63, 3.8) is 0 Å². The molecule has 0 aliphatic carbocycles. The van der Waals surface area contributed by atoms with Crippen molar-refractivity contribution in [1.82, 2.24) is 30.4 Å². The van der Waals surface area contributed by atoms with Crippen LogP contribution < -0.4 is 11.1 Å². The lowest BCUT2D eigenvalue weighted by molar-refractivity contribution is 1.03. The maximum absolute atomic E-state index is 5.76. The van der Waals surface area contributed by atoms with Gasteiger partial charge in [0.1, 0.15) is 12.1 Å². The summed E-state index contributed by atoms with van der Waals surface area (Å²) in [5.41, 5.74) is 6.90. The third-order valence-corrected chi connectivity index (χ3v) is 2.24. The summed E-state index contributed by atoms with van der Waals surface area (Å²) in [6.45, 7) is 0. The summed E-state index contributed by atoms with van der Waals surface area (Å²) in [6.07, 6.45) is 4.58. The molecule has 3 aromatic heterocycles. The van der Waals surface area contributed by atoms with E-state index in [1.807, 2.05) is 0 Å². The highest BCUT2D eigenvalue weighted by Gasteiger charge is 2.07. The fourth-order valence-electron chi connectivity index (χ4n) is 1.42. The predicted octanol–water partition coefficient (Wildman–Crippen LogP) is 0.469. The van der Waals surface area contributed by atoms with Gasteiger partial charge in [0.05, 0.1) is 23.5 Å². The van der Waals surface area contributed by atoms with Crippen LogP contribution in [0.4, 0.5) is 17.3 Å². The van der Waals surface area contributed by atoms with E-state index >= 15 is 0 Å². The van der Waals surface area contributed by atoms with Crippen LogP contribution in [-0.4, -0.2) is 30.4 Å². The normalized spacial score (nSPS) is 10.6. The molecule has 3 rings (SSSR count). The number of hydrogen-bond acceptors (Lipinski definition) is 7. The first-order valence-electron chi connectivity index (χ1n) is 4.83. The number of hydrogen-bond donors (Lipinski definition) is 3. The smallest absolute Gasteiger partial charge is 0.177 e. The Kier molecular flexibility index (Phi) is 2.04. The van der Waals surface area contributed by atoms with Crippen LogP contribution in [0.2, 0.25) is 0 Å². The third kappa shape index (κ3) is 1.61. The Morgan fingerprint density at radius 3 is 3.06 bits per heavy atom. The number of nitrogens with two attached hydrogens (primary N) is 1. The third-order valence-electron chi connectivity index (χ3n) is 2.24. The number of H-pyrrole nitrogens is 1. The Balaban J connectivity index is 2.06. The Hall–Kier alpha value is -2.77. The van der Waals surface area contributed by atoms with E-state index in [9.17, 15) is 0 Å². The number of rotatable bonds is 2. The molecule has 0 fully saturated rings. The molecule has 0 aliphatic heterocycles. The van der Waals surface area contributed by atoms with Gasteiger partial charge in [0.15, 0.2) is 11.5 Å². The van der Waals surface area contributed by atoms with E-state index in [1.54, 1.807) is 12.3 Å². The van der Waals surface area contributed by atoms with Crippen LogP contribution in [0, 0.1) is 0 Å². The second-order valence-electron chi connectivity index (χ2n) is 3.31. The summed E-state index contributed by atoms with van der Waals surface area (Å²) in [5.74, 6) is 1.03. The molecule has 8 nitrogen and oxygen atoms in total. The topological polar surface area (TPSA) is 118 Å². The number of nitrogens with one attached hydrogen (secondary N) is 2. The van der Waals surface area contributed by atoms with Gasteiger partial charge in [-0.3, -0.25) is 5.10 Å². The number of nitrogens with zero attached hydrogens (tertiary/aromatic N) is 5. The van der Waals surface area contributed by atoms with Gasteiger partial charge in [-0.05, 0) is 6.07 Å². The van der Waals surface area contributed by atoms with Gasteiger partial charge in [-0.2, -0.15) is 10.2 Å². The predicted molar refractivity (Wildman–Crippen MR) is 61.4 cm³/mol. The van der Waals surface area contributed by atoms with E-state index < -0.39 is 0 Å². The molecule has 0 radical (unpaired) electrons. The Labute approximate surface area is 95.3 Å². The van der Waals surface area contributed by atoms with Gasteiger partial charge in [0, 0.05) is 0 Å². The van der Waals surface area contributed by atoms with E-state index in [2.05, 4.69) is 35.7 Å². The summed E-state index contributed by atoms with van der Waals surface area (Å²) < 4.78 is 0. The van der Waals surface area contributed by atoms with Crippen molar-refractivity contribution in [2.45, 2.75) is 0 Å². The van der Waals surface area contributed by atoms with Gasteiger partial charge in [-0.1, -0.05) is 0 Å². The van der Waals surface area contributed by atoms with Crippen molar-refractivity contribution in [3.05, 3.63) is 24.8 Å². The lowest BCUT2D eigenvalue weighted by Gasteiger charge is -2.05. The van der Waals surface area contributed by atoms with Gasteiger partial charge in [0.25, 0.3) is 0 Å². The van der Waals surface area contributed by atoms with E-state index in [0.29, 0.717) is 23.0 Å². The first-order chi connectivity index (χ1) is 8.34. The average Bonchev–Trinajstić information content (AvgIpc) is 2.81. The second kappa shape index (κ2) is 3.67. The minimum Gasteiger partial charge on any atom is -0.396 e. The molecule has 3 heterocycles. The molecule has 0 atom stereocenters. The van der Waals surface area contributed by atoms with E-state index in [4.69, 9.17) is 5.73 Å². The summed E-state index contributed by atoms with van der Waals surface area (Å²) in [5, 5.41) is 18.0. The summed E-state index contributed by atoms with van der Waals surface area (Å²) in [4.78, 5) is 8.14. The van der Waals surface area contributed by atoms with Crippen LogP contribution in [0.15, 0.2) is 24.8 Å². The van der Waals surface area contributed by atoms with Gasteiger partial charge in [-0.15, -0.1) is 5.10 Å². The van der Waals surface area contributed by atoms with E-state index in [0.717, 1.165) is 5.39 Å². The zero-order valence-electron chi connectivity index (χ0n) is 8.62. The van der Waals surface area contributed by atoms with Gasteiger partial charge >= 0.3 is 0 Å². The molecule has 0 saturated carbocycles. The molecule has 0 aliphatic rings. The molecule has 84 valence electrons. The second-order valence-corrected chi connectivity index (χ2v) is 3.31. The Morgan fingerprint density at radius 2 is 2.18 bits per heavy atom. The summed E-state index contributed by atoms with van der Waals surface area (Å²) >= 11 is 0. The molecule has 17 heavy (non-hydrogen) atoms. The molecule has 0 amide bonds. The summed E-state index contributed by atoms with van der Waals surface area (Å²) in [7, 11) is 0. The fraction of sp³-hybridized carbons (Fsp3) is 0. The summed E-state index contributed by atoms with van der Waals surface area (Å²) in [6, 6.07) is 1.66. The number of anilines is 3. The van der Waals surface area contributed by atoms with Crippen LogP contribution in [0.1, 0.15) is 0 Å². The molecule has 0 unspecified atom stereocenters. The molecule has 0 saturated heterocycles. The highest BCUT2D eigenvalue weighted by Crippen LogP contribution is 2.22. The Morgan fingerprint density at radius 1 is 1.24 bits per heavy atom. The Bertz CT molecular complexity index is 661. The van der Waals surface area contributed by atoms with Gasteiger partial charge in [0.2, 0.25) is 0 Å². The van der Waals surface area contributed by atoms with Crippen molar-refractivity contribution >= 4 is 28.4 Å². The quantitative estimate of drug-likeness (QED) is 0.583. The van der Waals surface area contributed by atoms with Crippen molar-refractivity contribution < 1.29 is 0 Å². The largest absolute Gasteiger partial charge is 0.396 e. The van der Waals surface area contributed by atoms with E-state index in [-0.39, 0.29) is 0 Å². The average molecular weight is 228 g/mol. The molecular formula is C9H8N8. The van der Waals surface area contributed by atoms with Crippen LogP contribution in [0.5, 0.6) is 0 Å². The maximum Gasteiger partial charge on any atom is 0.177 e. The van der Waals surface area contributed by atoms with Crippen LogP contribution in [0.3, 0.4) is 0 Å². The van der Waals surface area contributed by atoms with Crippen molar-refractivity contribution in [1.29, 1.82) is 0 Å². The van der Waals surface area contributed by atoms with Crippen molar-refractivity contribution in [2.24, 2.45) is 0 Å². The molecular weight excluding hydrogens is 220 g/mol. The molecule has 3 aromatic rings. The first kappa shape index (κ1) is 9.46. The molecule has 0 aromatic carbocycles. The lowest BCUT2D eigenvalue weighted by atomic mass is 10.4.